The largest absolute Gasteiger partial charge is 0.467 e. The second kappa shape index (κ2) is 7.80. The number of aliphatic hydroxyl groups excluding tert-OH is 1. The SMILES string of the molecule is OCC(Nc1cncc(SCc2ccccc2)n1)c1ccco1. The standard InChI is InChI=1S/C17H17N3O2S/c21-11-14(15-7-4-8-22-15)19-16-9-18-10-17(20-16)23-12-13-5-2-1-3-6-13/h1-10,14,21H,11-12H2,(H,19,20). The lowest BCUT2D eigenvalue weighted by molar-refractivity contribution is 0.261. The third-order valence-corrected chi connectivity index (χ3v) is 4.20. The molecule has 1 aromatic carbocycles. The quantitative estimate of drug-likeness (QED) is 0.647. The zero-order valence-corrected chi connectivity index (χ0v) is 13.2. The van der Waals surface area contributed by atoms with Crippen LogP contribution in [0.1, 0.15) is 17.4 Å². The van der Waals surface area contributed by atoms with Crippen LogP contribution in [0, 0.1) is 0 Å². The van der Waals surface area contributed by atoms with E-state index < -0.39 is 0 Å². The van der Waals surface area contributed by atoms with E-state index in [-0.39, 0.29) is 12.6 Å². The average molecular weight is 327 g/mol. The van der Waals surface area contributed by atoms with Gasteiger partial charge in [0.25, 0.3) is 0 Å². The molecule has 0 aliphatic carbocycles. The Hall–Kier alpha value is -2.31. The average Bonchev–Trinajstić information content (AvgIpc) is 3.14. The molecule has 0 fully saturated rings. The summed E-state index contributed by atoms with van der Waals surface area (Å²) in [6.07, 6.45) is 4.95. The van der Waals surface area contributed by atoms with E-state index in [2.05, 4.69) is 27.4 Å². The maximum absolute atomic E-state index is 9.50. The molecule has 0 spiro atoms. The first-order valence-electron chi connectivity index (χ1n) is 7.24. The first kappa shape index (κ1) is 15.6. The Morgan fingerprint density at radius 3 is 2.74 bits per heavy atom. The van der Waals surface area contributed by atoms with Gasteiger partial charge in [-0.3, -0.25) is 4.98 Å². The van der Waals surface area contributed by atoms with Crippen LogP contribution in [0.15, 0.2) is 70.6 Å². The lowest BCUT2D eigenvalue weighted by Crippen LogP contribution is -2.15. The lowest BCUT2D eigenvalue weighted by Gasteiger charge is -2.14. The number of thioether (sulfide) groups is 1. The highest BCUT2D eigenvalue weighted by molar-refractivity contribution is 7.98. The van der Waals surface area contributed by atoms with Crippen molar-refractivity contribution >= 4 is 17.6 Å². The molecule has 2 heterocycles. The van der Waals surface area contributed by atoms with Crippen molar-refractivity contribution in [2.24, 2.45) is 0 Å². The Labute approximate surface area is 138 Å². The van der Waals surface area contributed by atoms with Crippen LogP contribution in [0.5, 0.6) is 0 Å². The van der Waals surface area contributed by atoms with Crippen LogP contribution in [-0.4, -0.2) is 21.7 Å². The van der Waals surface area contributed by atoms with Gasteiger partial charge >= 0.3 is 0 Å². The van der Waals surface area contributed by atoms with Gasteiger partial charge in [0.2, 0.25) is 0 Å². The molecule has 1 unspecified atom stereocenters. The minimum Gasteiger partial charge on any atom is -0.467 e. The topological polar surface area (TPSA) is 71.2 Å². The molecule has 23 heavy (non-hydrogen) atoms. The van der Waals surface area contributed by atoms with E-state index >= 15 is 0 Å². The molecule has 6 heteroatoms. The summed E-state index contributed by atoms with van der Waals surface area (Å²) in [6, 6.07) is 13.5. The summed E-state index contributed by atoms with van der Waals surface area (Å²) in [4.78, 5) is 8.73. The third kappa shape index (κ3) is 4.34. The highest BCUT2D eigenvalue weighted by Crippen LogP contribution is 2.23. The monoisotopic (exact) mass is 327 g/mol. The van der Waals surface area contributed by atoms with E-state index in [1.54, 1.807) is 36.5 Å². The van der Waals surface area contributed by atoms with Crippen LogP contribution in [-0.2, 0) is 5.75 Å². The number of aliphatic hydroxyl groups is 1. The molecule has 0 aliphatic rings. The van der Waals surface area contributed by atoms with Gasteiger partial charge in [0.05, 0.1) is 25.3 Å². The Morgan fingerprint density at radius 1 is 1.13 bits per heavy atom. The van der Waals surface area contributed by atoms with E-state index in [4.69, 9.17) is 4.42 Å². The summed E-state index contributed by atoms with van der Waals surface area (Å²) in [5.74, 6) is 2.11. The van der Waals surface area contributed by atoms with Crippen molar-refractivity contribution in [3.63, 3.8) is 0 Å². The highest BCUT2D eigenvalue weighted by Gasteiger charge is 2.14. The van der Waals surface area contributed by atoms with Crippen molar-refractivity contribution in [2.45, 2.75) is 16.8 Å². The molecular formula is C17H17N3O2S. The van der Waals surface area contributed by atoms with Gasteiger partial charge in [-0.1, -0.05) is 30.3 Å². The molecule has 0 saturated carbocycles. The molecule has 0 bridgehead atoms. The molecule has 118 valence electrons. The number of aromatic nitrogens is 2. The van der Waals surface area contributed by atoms with Gasteiger partial charge in [-0.25, -0.2) is 4.98 Å². The van der Waals surface area contributed by atoms with Crippen LogP contribution >= 0.6 is 11.8 Å². The van der Waals surface area contributed by atoms with E-state index in [1.165, 1.54) is 5.56 Å². The van der Waals surface area contributed by atoms with Crippen molar-refractivity contribution in [1.29, 1.82) is 0 Å². The zero-order chi connectivity index (χ0) is 15.9. The second-order valence-corrected chi connectivity index (χ2v) is 5.91. The minimum atomic E-state index is -0.339. The molecule has 0 amide bonds. The van der Waals surface area contributed by atoms with Gasteiger partial charge in [0.15, 0.2) is 0 Å². The molecule has 2 N–H and O–H groups in total. The summed E-state index contributed by atoms with van der Waals surface area (Å²) in [5, 5.41) is 13.5. The molecule has 0 radical (unpaired) electrons. The van der Waals surface area contributed by atoms with Crippen molar-refractivity contribution in [2.75, 3.05) is 11.9 Å². The van der Waals surface area contributed by atoms with Gasteiger partial charge in [-0.05, 0) is 17.7 Å². The Morgan fingerprint density at radius 2 is 2.00 bits per heavy atom. The fraction of sp³-hybridized carbons (Fsp3) is 0.176. The van der Waals surface area contributed by atoms with Crippen LogP contribution < -0.4 is 5.32 Å². The van der Waals surface area contributed by atoms with E-state index in [9.17, 15) is 5.11 Å². The van der Waals surface area contributed by atoms with Crippen LogP contribution in [0.25, 0.3) is 0 Å². The fourth-order valence-corrected chi connectivity index (χ4v) is 2.90. The number of hydrogen-bond acceptors (Lipinski definition) is 6. The first-order valence-corrected chi connectivity index (χ1v) is 8.23. The maximum atomic E-state index is 9.50. The van der Waals surface area contributed by atoms with Crippen molar-refractivity contribution in [1.82, 2.24) is 9.97 Å². The lowest BCUT2D eigenvalue weighted by atomic mass is 10.2. The van der Waals surface area contributed by atoms with Gasteiger partial charge in [0, 0.05) is 5.75 Å². The van der Waals surface area contributed by atoms with E-state index in [0.717, 1.165) is 10.8 Å². The molecule has 1 atom stereocenters. The predicted octanol–water partition coefficient (Wildman–Crippen LogP) is 3.51. The van der Waals surface area contributed by atoms with Crippen molar-refractivity contribution in [3.8, 4) is 0 Å². The van der Waals surface area contributed by atoms with Gasteiger partial charge in [-0.15, -0.1) is 11.8 Å². The summed E-state index contributed by atoms with van der Waals surface area (Å²) < 4.78 is 5.32. The van der Waals surface area contributed by atoms with Gasteiger partial charge in [0.1, 0.15) is 22.6 Å². The molecular weight excluding hydrogens is 310 g/mol. The van der Waals surface area contributed by atoms with Gasteiger partial charge < -0.3 is 14.8 Å². The fourth-order valence-electron chi connectivity index (χ4n) is 2.09. The first-order chi connectivity index (χ1) is 11.3. The zero-order valence-electron chi connectivity index (χ0n) is 12.4. The minimum absolute atomic E-state index is 0.0867. The van der Waals surface area contributed by atoms with Crippen LogP contribution in [0.4, 0.5) is 5.82 Å². The molecule has 2 aromatic heterocycles. The van der Waals surface area contributed by atoms with Crippen molar-refractivity contribution < 1.29 is 9.52 Å². The maximum Gasteiger partial charge on any atom is 0.146 e. The smallest absolute Gasteiger partial charge is 0.146 e. The summed E-state index contributed by atoms with van der Waals surface area (Å²) in [5.41, 5.74) is 1.24. The second-order valence-electron chi connectivity index (χ2n) is 4.91. The van der Waals surface area contributed by atoms with E-state index in [1.807, 2.05) is 24.3 Å². The van der Waals surface area contributed by atoms with Gasteiger partial charge in [-0.2, -0.15) is 0 Å². The number of anilines is 1. The van der Waals surface area contributed by atoms with Crippen LogP contribution in [0.2, 0.25) is 0 Å². The number of rotatable bonds is 7. The normalized spacial score (nSPS) is 12.0. The summed E-state index contributed by atoms with van der Waals surface area (Å²) >= 11 is 1.62. The van der Waals surface area contributed by atoms with Crippen molar-refractivity contribution in [3.05, 3.63) is 72.4 Å². The number of hydrogen-bond donors (Lipinski definition) is 2. The Balaban J connectivity index is 1.65. The van der Waals surface area contributed by atoms with Crippen LogP contribution in [0.3, 0.4) is 0 Å². The Bertz CT molecular complexity index is 720. The molecule has 0 aliphatic heterocycles. The molecule has 3 rings (SSSR count). The molecule has 3 aromatic rings. The molecule has 5 nitrogen and oxygen atoms in total. The third-order valence-electron chi connectivity index (χ3n) is 3.23. The number of furan rings is 1. The summed E-state index contributed by atoms with van der Waals surface area (Å²) in [7, 11) is 0. The number of nitrogens with zero attached hydrogens (tertiary/aromatic N) is 2. The van der Waals surface area contributed by atoms with E-state index in [0.29, 0.717) is 11.6 Å². The number of benzene rings is 1. The number of nitrogens with one attached hydrogen (secondary N) is 1. The highest BCUT2D eigenvalue weighted by atomic mass is 32.2. The summed E-state index contributed by atoms with van der Waals surface area (Å²) in [6.45, 7) is -0.0867. The Kier molecular flexibility index (Phi) is 5.29. The molecule has 0 saturated heterocycles. The predicted molar refractivity (Wildman–Crippen MR) is 90.2 cm³/mol.